The maximum Gasteiger partial charge on any atom is 0.155 e. The quantitative estimate of drug-likeness (QED) is 0.614. The number of aromatic nitrogens is 3. The van der Waals surface area contributed by atoms with Crippen LogP contribution < -0.4 is 5.32 Å². The fourth-order valence-electron chi connectivity index (χ4n) is 2.40. The van der Waals surface area contributed by atoms with E-state index in [0.717, 1.165) is 28.4 Å². The van der Waals surface area contributed by atoms with E-state index < -0.39 is 0 Å². The summed E-state index contributed by atoms with van der Waals surface area (Å²) < 4.78 is 14.7. The van der Waals surface area contributed by atoms with Gasteiger partial charge < -0.3 is 5.32 Å². The third-order valence-electron chi connectivity index (χ3n) is 3.55. The first-order valence-corrected chi connectivity index (χ1v) is 7.22. The topological polar surface area (TPSA) is 42.2 Å². The van der Waals surface area contributed by atoms with Crippen LogP contribution in [-0.2, 0) is 0 Å². The summed E-state index contributed by atoms with van der Waals surface area (Å²) in [7, 11) is 0. The number of nitrogens with zero attached hydrogens (tertiary/aromatic N) is 3. The number of imidazole rings is 1. The molecule has 5 heteroatoms. The molecule has 23 heavy (non-hydrogen) atoms. The van der Waals surface area contributed by atoms with Crippen LogP contribution in [0.15, 0.2) is 72.9 Å². The number of halogens is 1. The highest BCUT2D eigenvalue weighted by Gasteiger charge is 2.07. The Morgan fingerprint density at radius 3 is 2.43 bits per heavy atom. The van der Waals surface area contributed by atoms with Crippen molar-refractivity contribution < 1.29 is 4.39 Å². The lowest BCUT2D eigenvalue weighted by atomic mass is 10.1. The average Bonchev–Trinajstić information content (AvgIpc) is 3.00. The lowest BCUT2D eigenvalue weighted by molar-refractivity contribution is 0.628. The standard InChI is InChI=1S/C18H13FN4/c19-14-6-8-15(9-7-14)21-18-12-20-17-11-10-16(22-23(17)18)13-4-2-1-3-5-13/h1-12,21H. The van der Waals surface area contributed by atoms with Crippen LogP contribution >= 0.6 is 0 Å². The molecule has 0 fully saturated rings. The highest BCUT2D eigenvalue weighted by molar-refractivity contribution is 5.63. The summed E-state index contributed by atoms with van der Waals surface area (Å²) in [5.41, 5.74) is 3.42. The van der Waals surface area contributed by atoms with Crippen molar-refractivity contribution in [2.75, 3.05) is 5.32 Å². The molecule has 4 rings (SSSR count). The van der Waals surface area contributed by atoms with Gasteiger partial charge in [0.05, 0.1) is 11.9 Å². The second-order valence-electron chi connectivity index (χ2n) is 5.13. The van der Waals surface area contributed by atoms with Gasteiger partial charge in [0.1, 0.15) is 5.82 Å². The van der Waals surface area contributed by atoms with Gasteiger partial charge >= 0.3 is 0 Å². The summed E-state index contributed by atoms with van der Waals surface area (Å²) in [6, 6.07) is 20.0. The van der Waals surface area contributed by atoms with Crippen molar-refractivity contribution in [1.82, 2.24) is 14.6 Å². The van der Waals surface area contributed by atoms with Crippen molar-refractivity contribution in [2.24, 2.45) is 0 Å². The summed E-state index contributed by atoms with van der Waals surface area (Å²) in [6.07, 6.45) is 1.71. The van der Waals surface area contributed by atoms with Crippen molar-refractivity contribution in [1.29, 1.82) is 0 Å². The third-order valence-corrected chi connectivity index (χ3v) is 3.55. The first kappa shape index (κ1) is 13.5. The molecule has 0 spiro atoms. The molecule has 0 unspecified atom stereocenters. The van der Waals surface area contributed by atoms with Crippen LogP contribution in [0.4, 0.5) is 15.9 Å². The third kappa shape index (κ3) is 2.64. The van der Waals surface area contributed by atoms with Crippen molar-refractivity contribution in [3.05, 3.63) is 78.7 Å². The zero-order valence-electron chi connectivity index (χ0n) is 12.1. The van der Waals surface area contributed by atoms with Crippen LogP contribution in [0, 0.1) is 5.82 Å². The monoisotopic (exact) mass is 304 g/mol. The molecule has 112 valence electrons. The molecule has 4 aromatic rings. The summed E-state index contributed by atoms with van der Waals surface area (Å²) in [5, 5.41) is 7.84. The number of rotatable bonds is 3. The Morgan fingerprint density at radius 1 is 0.870 bits per heavy atom. The minimum atomic E-state index is -0.266. The number of hydrogen-bond donors (Lipinski definition) is 1. The van der Waals surface area contributed by atoms with E-state index in [4.69, 9.17) is 0 Å². The maximum atomic E-state index is 13.0. The number of hydrogen-bond acceptors (Lipinski definition) is 3. The van der Waals surface area contributed by atoms with Gasteiger partial charge in [-0.2, -0.15) is 9.61 Å². The Labute approximate surface area is 132 Å². The van der Waals surface area contributed by atoms with Crippen LogP contribution in [-0.4, -0.2) is 14.6 Å². The lowest BCUT2D eigenvalue weighted by Crippen LogP contribution is -2.00. The Kier molecular flexibility index (Phi) is 3.24. The van der Waals surface area contributed by atoms with E-state index in [1.807, 2.05) is 42.5 Å². The van der Waals surface area contributed by atoms with Gasteiger partial charge in [0, 0.05) is 11.3 Å². The Balaban J connectivity index is 1.74. The second kappa shape index (κ2) is 5.53. The first-order chi connectivity index (χ1) is 11.3. The van der Waals surface area contributed by atoms with Crippen molar-refractivity contribution in [2.45, 2.75) is 0 Å². The molecule has 2 aromatic heterocycles. The van der Waals surface area contributed by atoms with Gasteiger partial charge in [-0.3, -0.25) is 0 Å². The molecular weight excluding hydrogens is 291 g/mol. The van der Waals surface area contributed by atoms with Crippen LogP contribution in [0.1, 0.15) is 0 Å². The van der Waals surface area contributed by atoms with E-state index in [2.05, 4.69) is 15.4 Å². The SMILES string of the molecule is Fc1ccc(Nc2cnc3ccc(-c4ccccc4)nn23)cc1. The molecule has 0 atom stereocenters. The van der Waals surface area contributed by atoms with Gasteiger partial charge in [0.15, 0.2) is 11.5 Å². The van der Waals surface area contributed by atoms with Crippen LogP contribution in [0.3, 0.4) is 0 Å². The van der Waals surface area contributed by atoms with Crippen molar-refractivity contribution in [3.8, 4) is 11.3 Å². The molecule has 0 saturated heterocycles. The molecule has 0 bridgehead atoms. The largest absolute Gasteiger partial charge is 0.339 e. The van der Waals surface area contributed by atoms with Gasteiger partial charge in [0.2, 0.25) is 0 Å². The normalized spacial score (nSPS) is 10.8. The van der Waals surface area contributed by atoms with Gasteiger partial charge in [-0.1, -0.05) is 30.3 Å². The van der Waals surface area contributed by atoms with E-state index in [-0.39, 0.29) is 5.82 Å². The summed E-state index contributed by atoms with van der Waals surface area (Å²) in [6.45, 7) is 0. The van der Waals surface area contributed by atoms with Gasteiger partial charge in [-0.05, 0) is 36.4 Å². The molecule has 0 aliphatic carbocycles. The maximum absolute atomic E-state index is 13.0. The molecule has 0 aliphatic heterocycles. The Bertz CT molecular complexity index is 946. The number of benzene rings is 2. The minimum absolute atomic E-state index is 0.266. The van der Waals surface area contributed by atoms with Crippen LogP contribution in [0.2, 0.25) is 0 Å². The average molecular weight is 304 g/mol. The first-order valence-electron chi connectivity index (χ1n) is 7.22. The fraction of sp³-hybridized carbons (Fsp3) is 0. The van der Waals surface area contributed by atoms with Crippen LogP contribution in [0.5, 0.6) is 0 Å². The smallest absolute Gasteiger partial charge is 0.155 e. The molecule has 0 amide bonds. The highest BCUT2D eigenvalue weighted by Crippen LogP contribution is 2.21. The van der Waals surface area contributed by atoms with Crippen molar-refractivity contribution in [3.63, 3.8) is 0 Å². The van der Waals surface area contributed by atoms with Crippen LogP contribution in [0.25, 0.3) is 16.9 Å². The number of anilines is 2. The Morgan fingerprint density at radius 2 is 1.65 bits per heavy atom. The van der Waals surface area contributed by atoms with Crippen molar-refractivity contribution >= 4 is 17.2 Å². The van der Waals surface area contributed by atoms with E-state index in [9.17, 15) is 4.39 Å². The molecule has 2 heterocycles. The highest BCUT2D eigenvalue weighted by atomic mass is 19.1. The summed E-state index contributed by atoms with van der Waals surface area (Å²) in [4.78, 5) is 4.33. The minimum Gasteiger partial charge on any atom is -0.339 e. The zero-order valence-corrected chi connectivity index (χ0v) is 12.1. The fourth-order valence-corrected chi connectivity index (χ4v) is 2.40. The predicted molar refractivity (Wildman–Crippen MR) is 88.1 cm³/mol. The van der Waals surface area contributed by atoms with E-state index in [1.54, 1.807) is 22.8 Å². The van der Waals surface area contributed by atoms with E-state index in [1.165, 1.54) is 12.1 Å². The van der Waals surface area contributed by atoms with E-state index >= 15 is 0 Å². The summed E-state index contributed by atoms with van der Waals surface area (Å²) in [5.74, 6) is 0.461. The molecule has 0 radical (unpaired) electrons. The Hall–Kier alpha value is -3.21. The molecule has 0 saturated carbocycles. The molecule has 0 aliphatic rings. The molecular formula is C18H13FN4. The van der Waals surface area contributed by atoms with Gasteiger partial charge in [-0.15, -0.1) is 0 Å². The molecule has 4 nitrogen and oxygen atoms in total. The lowest BCUT2D eigenvalue weighted by Gasteiger charge is -2.07. The number of fused-ring (bicyclic) bond motifs is 1. The van der Waals surface area contributed by atoms with Gasteiger partial charge in [0.25, 0.3) is 0 Å². The molecule has 2 aromatic carbocycles. The van der Waals surface area contributed by atoms with E-state index in [0.29, 0.717) is 0 Å². The predicted octanol–water partition coefficient (Wildman–Crippen LogP) is 4.28. The van der Waals surface area contributed by atoms with Gasteiger partial charge in [-0.25, -0.2) is 9.37 Å². The summed E-state index contributed by atoms with van der Waals surface area (Å²) >= 11 is 0. The zero-order chi connectivity index (χ0) is 15.6. The second-order valence-corrected chi connectivity index (χ2v) is 5.13. The number of nitrogens with one attached hydrogen (secondary N) is 1. The molecule has 1 N–H and O–H groups in total.